The van der Waals surface area contributed by atoms with E-state index in [0.717, 1.165) is 35.1 Å². The van der Waals surface area contributed by atoms with E-state index in [9.17, 15) is 0 Å². The molecule has 2 rings (SSSR count). The van der Waals surface area contributed by atoms with Crippen molar-refractivity contribution >= 4 is 23.2 Å². The summed E-state index contributed by atoms with van der Waals surface area (Å²) in [4.78, 5) is 0. The van der Waals surface area contributed by atoms with Crippen molar-refractivity contribution in [1.82, 2.24) is 5.32 Å². The Morgan fingerprint density at radius 1 is 1.44 bits per heavy atom. The van der Waals surface area contributed by atoms with Crippen LogP contribution in [0.5, 0.6) is 0 Å². The van der Waals surface area contributed by atoms with E-state index in [0.29, 0.717) is 5.92 Å². The standard InChI is InChI=1S/C14H19Cl2NO/c1-9-5-6-18-14(9)13(17-2)8-10-7-11(15)3-4-12(10)16/h3-4,7,9,13-14,17H,5-6,8H2,1-2H3. The Labute approximate surface area is 119 Å². The minimum absolute atomic E-state index is 0.255. The molecule has 3 unspecified atom stereocenters. The maximum Gasteiger partial charge on any atom is 0.0757 e. The zero-order valence-electron chi connectivity index (χ0n) is 10.7. The Balaban J connectivity index is 2.12. The summed E-state index contributed by atoms with van der Waals surface area (Å²) in [6, 6.07) is 5.88. The fourth-order valence-electron chi connectivity index (χ4n) is 2.55. The van der Waals surface area contributed by atoms with Gasteiger partial charge in [0.2, 0.25) is 0 Å². The Kier molecular flexibility index (Phi) is 4.91. The maximum atomic E-state index is 6.21. The second-order valence-electron chi connectivity index (χ2n) is 4.94. The van der Waals surface area contributed by atoms with Crippen LogP contribution in [0.1, 0.15) is 18.9 Å². The van der Waals surface area contributed by atoms with Gasteiger partial charge >= 0.3 is 0 Å². The van der Waals surface area contributed by atoms with Crippen LogP contribution >= 0.6 is 23.2 Å². The number of benzene rings is 1. The third-order valence-electron chi connectivity index (χ3n) is 3.66. The smallest absolute Gasteiger partial charge is 0.0757 e. The van der Waals surface area contributed by atoms with Gasteiger partial charge in [0.25, 0.3) is 0 Å². The second kappa shape index (κ2) is 6.25. The van der Waals surface area contributed by atoms with Gasteiger partial charge in [0.15, 0.2) is 0 Å². The van der Waals surface area contributed by atoms with Gasteiger partial charge in [-0.2, -0.15) is 0 Å². The molecule has 4 heteroatoms. The number of hydrogen-bond acceptors (Lipinski definition) is 2. The third-order valence-corrected chi connectivity index (χ3v) is 4.26. The van der Waals surface area contributed by atoms with Gasteiger partial charge in [-0.3, -0.25) is 0 Å². The van der Waals surface area contributed by atoms with Gasteiger partial charge in [0.1, 0.15) is 0 Å². The molecule has 0 aliphatic carbocycles. The Hall–Kier alpha value is -0.280. The molecule has 2 nitrogen and oxygen atoms in total. The van der Waals surface area contributed by atoms with Crippen LogP contribution in [0.3, 0.4) is 0 Å². The van der Waals surface area contributed by atoms with Crippen molar-refractivity contribution in [3.8, 4) is 0 Å². The van der Waals surface area contributed by atoms with Crippen LogP contribution in [0.15, 0.2) is 18.2 Å². The van der Waals surface area contributed by atoms with Gasteiger partial charge in [-0.1, -0.05) is 30.1 Å². The van der Waals surface area contributed by atoms with Crippen LogP contribution < -0.4 is 5.32 Å². The molecule has 1 fully saturated rings. The van der Waals surface area contributed by atoms with Gasteiger partial charge in [0.05, 0.1) is 6.10 Å². The van der Waals surface area contributed by atoms with Crippen molar-refractivity contribution in [3.63, 3.8) is 0 Å². The average Bonchev–Trinajstić information content (AvgIpc) is 2.77. The first-order valence-corrected chi connectivity index (χ1v) is 7.10. The summed E-state index contributed by atoms with van der Waals surface area (Å²) >= 11 is 12.2. The van der Waals surface area contributed by atoms with Gasteiger partial charge in [0, 0.05) is 22.7 Å². The molecule has 1 heterocycles. The predicted octanol–water partition coefficient (Wildman–Crippen LogP) is 3.55. The molecule has 100 valence electrons. The van der Waals surface area contributed by atoms with E-state index < -0.39 is 0 Å². The van der Waals surface area contributed by atoms with E-state index in [-0.39, 0.29) is 12.1 Å². The monoisotopic (exact) mass is 287 g/mol. The average molecular weight is 288 g/mol. The highest BCUT2D eigenvalue weighted by molar-refractivity contribution is 6.33. The molecule has 0 amide bonds. The molecule has 1 N–H and O–H groups in total. The van der Waals surface area contributed by atoms with Crippen LogP contribution in [0.4, 0.5) is 0 Å². The van der Waals surface area contributed by atoms with Crippen molar-refractivity contribution in [2.75, 3.05) is 13.7 Å². The molecule has 0 spiro atoms. The van der Waals surface area contributed by atoms with Crippen molar-refractivity contribution in [1.29, 1.82) is 0 Å². The number of nitrogens with one attached hydrogen (secondary N) is 1. The van der Waals surface area contributed by atoms with Gasteiger partial charge in [-0.15, -0.1) is 0 Å². The molecule has 1 aliphatic heterocycles. The summed E-state index contributed by atoms with van der Waals surface area (Å²) in [6.45, 7) is 3.09. The highest BCUT2D eigenvalue weighted by Gasteiger charge is 2.31. The zero-order chi connectivity index (χ0) is 13.1. The Morgan fingerprint density at radius 2 is 2.22 bits per heavy atom. The quantitative estimate of drug-likeness (QED) is 0.915. The highest BCUT2D eigenvalue weighted by atomic mass is 35.5. The van der Waals surface area contributed by atoms with Crippen molar-refractivity contribution in [2.24, 2.45) is 5.92 Å². The van der Waals surface area contributed by atoms with Gasteiger partial charge < -0.3 is 10.1 Å². The lowest BCUT2D eigenvalue weighted by Gasteiger charge is -2.26. The molecule has 1 aromatic carbocycles. The van der Waals surface area contributed by atoms with Crippen LogP contribution in [0.25, 0.3) is 0 Å². The number of likely N-dealkylation sites (N-methyl/N-ethyl adjacent to an activating group) is 1. The predicted molar refractivity (Wildman–Crippen MR) is 76.5 cm³/mol. The molecule has 0 radical (unpaired) electrons. The van der Waals surface area contributed by atoms with Crippen molar-refractivity contribution in [2.45, 2.75) is 31.9 Å². The number of ether oxygens (including phenoxy) is 1. The minimum atomic E-state index is 0.255. The van der Waals surface area contributed by atoms with Crippen LogP contribution in [-0.2, 0) is 11.2 Å². The van der Waals surface area contributed by atoms with E-state index in [1.807, 2.05) is 25.2 Å². The Bertz CT molecular complexity index is 411. The van der Waals surface area contributed by atoms with Crippen molar-refractivity contribution < 1.29 is 4.74 Å². The summed E-state index contributed by atoms with van der Waals surface area (Å²) < 4.78 is 5.82. The lowest BCUT2D eigenvalue weighted by molar-refractivity contribution is 0.0634. The summed E-state index contributed by atoms with van der Waals surface area (Å²) in [5, 5.41) is 4.84. The second-order valence-corrected chi connectivity index (χ2v) is 5.78. The minimum Gasteiger partial charge on any atom is -0.376 e. The molecule has 0 bridgehead atoms. The molecule has 3 atom stereocenters. The number of hydrogen-bond donors (Lipinski definition) is 1. The molecule has 0 saturated carbocycles. The fourth-order valence-corrected chi connectivity index (χ4v) is 2.94. The number of halogens is 2. The first kappa shape index (κ1) is 14.1. The molecule has 0 aromatic heterocycles. The largest absolute Gasteiger partial charge is 0.376 e. The third kappa shape index (κ3) is 3.18. The van der Waals surface area contributed by atoms with E-state index in [4.69, 9.17) is 27.9 Å². The van der Waals surface area contributed by atoms with E-state index in [1.54, 1.807) is 0 Å². The number of rotatable bonds is 4. The normalized spacial score (nSPS) is 25.3. The van der Waals surface area contributed by atoms with Crippen LogP contribution in [0, 0.1) is 5.92 Å². The molecule has 1 aromatic rings. The first-order valence-electron chi connectivity index (χ1n) is 6.34. The molecule has 1 aliphatic rings. The summed E-state index contributed by atoms with van der Waals surface area (Å²) in [7, 11) is 1.97. The topological polar surface area (TPSA) is 21.3 Å². The van der Waals surface area contributed by atoms with Gasteiger partial charge in [-0.25, -0.2) is 0 Å². The lowest BCUT2D eigenvalue weighted by Crippen LogP contribution is -2.42. The fraction of sp³-hybridized carbons (Fsp3) is 0.571. The van der Waals surface area contributed by atoms with E-state index >= 15 is 0 Å². The molecular weight excluding hydrogens is 269 g/mol. The first-order chi connectivity index (χ1) is 8.61. The van der Waals surface area contributed by atoms with Gasteiger partial charge in [-0.05, 0) is 49.6 Å². The molecule has 1 saturated heterocycles. The van der Waals surface area contributed by atoms with Crippen LogP contribution in [-0.4, -0.2) is 25.8 Å². The summed E-state index contributed by atoms with van der Waals surface area (Å²) in [5.41, 5.74) is 1.08. The lowest BCUT2D eigenvalue weighted by atomic mass is 9.93. The SMILES string of the molecule is CNC(Cc1cc(Cl)ccc1Cl)C1OCCC1C. The van der Waals surface area contributed by atoms with Crippen molar-refractivity contribution in [3.05, 3.63) is 33.8 Å². The highest BCUT2D eigenvalue weighted by Crippen LogP contribution is 2.27. The maximum absolute atomic E-state index is 6.21. The zero-order valence-corrected chi connectivity index (χ0v) is 12.3. The Morgan fingerprint density at radius 3 is 2.83 bits per heavy atom. The van der Waals surface area contributed by atoms with E-state index in [2.05, 4.69) is 12.2 Å². The van der Waals surface area contributed by atoms with E-state index in [1.165, 1.54) is 0 Å². The summed E-state index contributed by atoms with van der Waals surface area (Å²) in [6.07, 6.45) is 2.22. The molecular formula is C14H19Cl2NO. The summed E-state index contributed by atoms with van der Waals surface area (Å²) in [5.74, 6) is 0.584. The van der Waals surface area contributed by atoms with Crippen LogP contribution in [0.2, 0.25) is 10.0 Å². The molecule has 18 heavy (non-hydrogen) atoms.